The van der Waals surface area contributed by atoms with E-state index in [1.54, 1.807) is 24.5 Å². The van der Waals surface area contributed by atoms with Crippen molar-refractivity contribution in [2.45, 2.75) is 13.0 Å². The first-order valence-corrected chi connectivity index (χ1v) is 7.25. The number of methoxy groups -OCH3 is 1. The molecule has 19 heavy (non-hydrogen) atoms. The van der Waals surface area contributed by atoms with E-state index in [0.29, 0.717) is 5.02 Å². The Morgan fingerprint density at radius 3 is 2.63 bits per heavy atom. The van der Waals surface area contributed by atoms with Crippen molar-refractivity contribution >= 4 is 34.5 Å². The highest BCUT2D eigenvalue weighted by Gasteiger charge is 2.22. The minimum atomic E-state index is -0.250. The monoisotopic (exact) mass is 316 g/mol. The van der Waals surface area contributed by atoms with Crippen molar-refractivity contribution in [3.05, 3.63) is 49.6 Å². The molecule has 1 atom stereocenters. The van der Waals surface area contributed by atoms with Gasteiger partial charge in [-0.25, -0.2) is 5.43 Å². The summed E-state index contributed by atoms with van der Waals surface area (Å²) in [5.41, 5.74) is 4.67. The Hall–Kier alpha value is -0.780. The van der Waals surface area contributed by atoms with Gasteiger partial charge in [0, 0.05) is 15.5 Å². The maximum atomic E-state index is 6.31. The van der Waals surface area contributed by atoms with E-state index in [2.05, 4.69) is 5.43 Å². The van der Waals surface area contributed by atoms with Crippen LogP contribution in [-0.4, -0.2) is 7.11 Å². The van der Waals surface area contributed by atoms with Crippen molar-refractivity contribution in [3.8, 4) is 5.75 Å². The quantitative estimate of drug-likeness (QED) is 0.663. The number of thiophene rings is 1. The van der Waals surface area contributed by atoms with E-state index in [9.17, 15) is 0 Å². The first kappa shape index (κ1) is 14.6. The van der Waals surface area contributed by atoms with E-state index < -0.39 is 0 Å². The van der Waals surface area contributed by atoms with Crippen LogP contribution in [0, 0.1) is 6.92 Å². The van der Waals surface area contributed by atoms with Crippen LogP contribution < -0.4 is 16.0 Å². The number of hydrogen-bond donors (Lipinski definition) is 2. The molecule has 1 aromatic carbocycles. The highest BCUT2D eigenvalue weighted by molar-refractivity contribution is 7.10. The van der Waals surface area contributed by atoms with Gasteiger partial charge in [-0.05, 0) is 36.1 Å². The van der Waals surface area contributed by atoms with Gasteiger partial charge in [-0.2, -0.15) is 0 Å². The Kier molecular flexibility index (Phi) is 4.71. The lowest BCUT2D eigenvalue weighted by Gasteiger charge is -2.19. The molecular weight excluding hydrogens is 303 g/mol. The maximum Gasteiger partial charge on any atom is 0.124 e. The van der Waals surface area contributed by atoms with Crippen LogP contribution in [0.1, 0.15) is 22.0 Å². The van der Waals surface area contributed by atoms with Crippen LogP contribution in [0.4, 0.5) is 0 Å². The molecule has 6 heteroatoms. The number of ether oxygens (including phenoxy) is 1. The van der Waals surface area contributed by atoms with Gasteiger partial charge in [0.1, 0.15) is 5.75 Å². The standard InChI is InChI=1S/C13H14Cl2N2OS/c1-7-6-19-13(11(7)15)12(17-16)9-5-8(14)3-4-10(9)18-2/h3-6,12,17H,16H2,1-2H3. The SMILES string of the molecule is COc1ccc(Cl)cc1C(NN)c1scc(C)c1Cl. The van der Waals surface area contributed by atoms with Gasteiger partial charge >= 0.3 is 0 Å². The molecule has 0 saturated heterocycles. The average molecular weight is 317 g/mol. The van der Waals surface area contributed by atoms with E-state index in [0.717, 1.165) is 26.8 Å². The molecule has 102 valence electrons. The average Bonchev–Trinajstić information content (AvgIpc) is 2.72. The number of nitrogens with two attached hydrogens (primary N) is 1. The van der Waals surface area contributed by atoms with Crippen molar-refractivity contribution < 1.29 is 4.74 Å². The van der Waals surface area contributed by atoms with Gasteiger partial charge in [0.25, 0.3) is 0 Å². The number of halogens is 2. The molecule has 0 saturated carbocycles. The molecule has 0 aliphatic carbocycles. The van der Waals surface area contributed by atoms with Gasteiger partial charge in [-0.1, -0.05) is 23.2 Å². The van der Waals surface area contributed by atoms with Crippen LogP contribution in [0.15, 0.2) is 23.6 Å². The number of hydrazine groups is 1. The van der Waals surface area contributed by atoms with Gasteiger partial charge in [-0.15, -0.1) is 11.3 Å². The van der Waals surface area contributed by atoms with Crippen LogP contribution in [0.25, 0.3) is 0 Å². The number of rotatable bonds is 4. The van der Waals surface area contributed by atoms with E-state index in [1.165, 1.54) is 0 Å². The Morgan fingerprint density at radius 1 is 1.37 bits per heavy atom. The van der Waals surface area contributed by atoms with Gasteiger partial charge in [0.15, 0.2) is 0 Å². The fourth-order valence-corrected chi connectivity index (χ4v) is 3.44. The molecule has 3 N–H and O–H groups in total. The number of benzene rings is 1. The summed E-state index contributed by atoms with van der Waals surface area (Å²) in [7, 11) is 1.61. The predicted octanol–water partition coefficient (Wildman–Crippen LogP) is 3.92. The summed E-state index contributed by atoms with van der Waals surface area (Å²) in [5, 5.41) is 3.34. The molecule has 0 fully saturated rings. The topological polar surface area (TPSA) is 47.3 Å². The second-order valence-corrected chi connectivity index (χ2v) is 5.81. The molecule has 0 bridgehead atoms. The van der Waals surface area contributed by atoms with E-state index in [4.69, 9.17) is 33.8 Å². The van der Waals surface area contributed by atoms with Crippen molar-refractivity contribution in [1.29, 1.82) is 0 Å². The minimum Gasteiger partial charge on any atom is -0.496 e. The zero-order chi connectivity index (χ0) is 14.0. The van der Waals surface area contributed by atoms with E-state index in [-0.39, 0.29) is 6.04 Å². The molecule has 3 nitrogen and oxygen atoms in total. The third-order valence-electron chi connectivity index (χ3n) is 2.86. The van der Waals surface area contributed by atoms with Crippen molar-refractivity contribution in [2.24, 2.45) is 5.84 Å². The summed E-state index contributed by atoms with van der Waals surface area (Å²) in [4.78, 5) is 0.947. The molecule has 2 aromatic rings. The number of aryl methyl sites for hydroxylation is 1. The summed E-state index contributed by atoms with van der Waals surface area (Å²) < 4.78 is 5.36. The summed E-state index contributed by atoms with van der Waals surface area (Å²) in [5.74, 6) is 6.41. The fourth-order valence-electron chi connectivity index (χ4n) is 1.88. The predicted molar refractivity (Wildman–Crippen MR) is 81.2 cm³/mol. The van der Waals surface area contributed by atoms with Crippen LogP contribution >= 0.6 is 34.5 Å². The first-order chi connectivity index (χ1) is 9.08. The van der Waals surface area contributed by atoms with Gasteiger partial charge in [0.05, 0.1) is 18.2 Å². The van der Waals surface area contributed by atoms with Crippen molar-refractivity contribution in [3.63, 3.8) is 0 Å². The molecule has 0 radical (unpaired) electrons. The van der Waals surface area contributed by atoms with Crippen molar-refractivity contribution in [2.75, 3.05) is 7.11 Å². The van der Waals surface area contributed by atoms with Gasteiger partial charge in [0.2, 0.25) is 0 Å². The number of nitrogens with one attached hydrogen (secondary N) is 1. The molecule has 1 unspecified atom stereocenters. The normalized spacial score (nSPS) is 12.5. The van der Waals surface area contributed by atoms with Gasteiger partial charge in [-0.3, -0.25) is 5.84 Å². The van der Waals surface area contributed by atoms with Crippen LogP contribution in [-0.2, 0) is 0 Å². The maximum absolute atomic E-state index is 6.31. The Labute approximate surface area is 126 Å². The Balaban J connectivity index is 2.53. The molecule has 1 heterocycles. The molecule has 0 amide bonds. The fraction of sp³-hybridized carbons (Fsp3) is 0.231. The lowest BCUT2D eigenvalue weighted by molar-refractivity contribution is 0.404. The van der Waals surface area contributed by atoms with E-state index >= 15 is 0 Å². The van der Waals surface area contributed by atoms with Crippen molar-refractivity contribution in [1.82, 2.24) is 5.43 Å². The van der Waals surface area contributed by atoms with Crippen LogP contribution in [0.3, 0.4) is 0 Å². The smallest absolute Gasteiger partial charge is 0.124 e. The zero-order valence-electron chi connectivity index (χ0n) is 10.5. The third-order valence-corrected chi connectivity index (χ3v) is 4.87. The lowest BCUT2D eigenvalue weighted by Crippen LogP contribution is -2.28. The summed E-state index contributed by atoms with van der Waals surface area (Å²) >= 11 is 13.9. The summed E-state index contributed by atoms with van der Waals surface area (Å²) in [6.45, 7) is 1.96. The Bertz CT molecular complexity index is 586. The highest BCUT2D eigenvalue weighted by atomic mass is 35.5. The lowest BCUT2D eigenvalue weighted by atomic mass is 10.0. The highest BCUT2D eigenvalue weighted by Crippen LogP contribution is 2.39. The molecule has 2 rings (SSSR count). The summed E-state index contributed by atoms with van der Waals surface area (Å²) in [6.07, 6.45) is 0. The molecule has 0 aliphatic heterocycles. The molecular formula is C13H14Cl2N2OS. The summed E-state index contributed by atoms with van der Waals surface area (Å²) in [6, 6.07) is 5.17. The first-order valence-electron chi connectivity index (χ1n) is 5.61. The minimum absolute atomic E-state index is 0.250. The van der Waals surface area contributed by atoms with Gasteiger partial charge < -0.3 is 4.74 Å². The number of hydrogen-bond acceptors (Lipinski definition) is 4. The second kappa shape index (κ2) is 6.11. The van der Waals surface area contributed by atoms with E-state index in [1.807, 2.05) is 24.4 Å². The third kappa shape index (κ3) is 2.88. The largest absolute Gasteiger partial charge is 0.496 e. The second-order valence-electron chi connectivity index (χ2n) is 4.08. The Morgan fingerprint density at radius 2 is 2.11 bits per heavy atom. The zero-order valence-corrected chi connectivity index (χ0v) is 12.9. The van der Waals surface area contributed by atoms with Crippen LogP contribution in [0.2, 0.25) is 10.0 Å². The molecule has 0 spiro atoms. The molecule has 1 aromatic heterocycles. The molecule has 0 aliphatic rings. The van der Waals surface area contributed by atoms with Crippen LogP contribution in [0.5, 0.6) is 5.75 Å².